The molecule has 1 aliphatic rings. The molecular weight excluding hydrogens is 490 g/mol. The number of carbonyl (C=O) groups is 3. The summed E-state index contributed by atoms with van der Waals surface area (Å²) < 4.78 is 28.8. The first kappa shape index (κ1) is 31.3. The summed E-state index contributed by atoms with van der Waals surface area (Å²) in [6.07, 6.45) is -2.68. The van der Waals surface area contributed by atoms with E-state index < -0.39 is 47.6 Å². The molecule has 1 aromatic rings. The van der Waals surface area contributed by atoms with Gasteiger partial charge in [0.2, 0.25) is 0 Å². The smallest absolute Gasteiger partial charge is 0.420 e. The van der Waals surface area contributed by atoms with Crippen molar-refractivity contribution in [1.29, 1.82) is 0 Å². The molecule has 212 valence electrons. The van der Waals surface area contributed by atoms with E-state index in [9.17, 15) is 14.4 Å². The molecule has 2 amide bonds. The Morgan fingerprint density at radius 3 is 2.05 bits per heavy atom. The van der Waals surface area contributed by atoms with Crippen molar-refractivity contribution in [1.82, 2.24) is 4.90 Å². The van der Waals surface area contributed by atoms with Crippen LogP contribution in [0.4, 0.5) is 9.59 Å². The first-order valence-corrected chi connectivity index (χ1v) is 12.9. The molecule has 0 aliphatic carbocycles. The molecule has 1 saturated heterocycles. The fraction of sp³-hybridized carbons (Fsp3) is 0.621. The molecule has 9 heteroatoms. The normalized spacial score (nSPS) is 22.8. The molecule has 4 atom stereocenters. The highest BCUT2D eigenvalue weighted by atomic mass is 16.6. The molecule has 0 aromatic heterocycles. The highest BCUT2D eigenvalue weighted by Gasteiger charge is 2.44. The minimum Gasteiger partial charge on any atom is -0.458 e. The fourth-order valence-electron chi connectivity index (χ4n) is 3.94. The molecule has 0 spiro atoms. The Kier molecular flexibility index (Phi) is 10.9. The van der Waals surface area contributed by atoms with Gasteiger partial charge in [-0.15, -0.1) is 0 Å². The summed E-state index contributed by atoms with van der Waals surface area (Å²) in [7, 11) is 0. The zero-order valence-corrected chi connectivity index (χ0v) is 23.9. The van der Waals surface area contributed by atoms with E-state index in [2.05, 4.69) is 6.58 Å². The minimum absolute atomic E-state index is 0.185. The predicted octanol–water partition coefficient (Wildman–Crippen LogP) is 5.31. The van der Waals surface area contributed by atoms with Crippen LogP contribution in [0.15, 0.2) is 42.5 Å². The van der Waals surface area contributed by atoms with Gasteiger partial charge < -0.3 is 23.7 Å². The van der Waals surface area contributed by atoms with Gasteiger partial charge in [0.1, 0.15) is 17.3 Å². The van der Waals surface area contributed by atoms with E-state index in [1.807, 2.05) is 37.3 Å². The van der Waals surface area contributed by atoms with Crippen LogP contribution in [-0.2, 0) is 34.9 Å². The molecule has 0 N–H and O–H groups in total. The molecule has 1 aliphatic heterocycles. The fourth-order valence-corrected chi connectivity index (χ4v) is 3.94. The Balaban J connectivity index is 2.40. The van der Waals surface area contributed by atoms with Gasteiger partial charge in [-0.25, -0.2) is 14.4 Å². The molecule has 9 nitrogen and oxygen atoms in total. The van der Waals surface area contributed by atoms with Gasteiger partial charge in [-0.05, 0) is 67.4 Å². The van der Waals surface area contributed by atoms with Gasteiger partial charge in [-0.1, -0.05) is 42.5 Å². The summed E-state index contributed by atoms with van der Waals surface area (Å²) in [4.78, 5) is 40.4. The van der Waals surface area contributed by atoms with Crippen molar-refractivity contribution in [2.45, 2.75) is 91.3 Å². The van der Waals surface area contributed by atoms with Crippen molar-refractivity contribution in [2.24, 2.45) is 5.92 Å². The molecule has 1 aromatic carbocycles. The average molecular weight is 534 g/mol. The maximum Gasteiger partial charge on any atom is 0.420 e. The van der Waals surface area contributed by atoms with Gasteiger partial charge in [0.05, 0.1) is 25.9 Å². The first-order valence-electron chi connectivity index (χ1n) is 12.9. The van der Waals surface area contributed by atoms with Crippen molar-refractivity contribution in [3.63, 3.8) is 0 Å². The number of amides is 2. The van der Waals surface area contributed by atoms with E-state index in [4.69, 9.17) is 23.7 Å². The number of hydrogen-bond acceptors (Lipinski definition) is 8. The number of rotatable bonds is 6. The molecular formula is C29H43NO8. The highest BCUT2D eigenvalue weighted by Crippen LogP contribution is 2.25. The summed E-state index contributed by atoms with van der Waals surface area (Å²) in [5, 5.41) is 0. The van der Waals surface area contributed by atoms with Crippen LogP contribution in [0.5, 0.6) is 0 Å². The third kappa shape index (κ3) is 10.1. The van der Waals surface area contributed by atoms with Gasteiger partial charge in [0.25, 0.3) is 0 Å². The van der Waals surface area contributed by atoms with Crippen molar-refractivity contribution in [3.05, 3.63) is 48.0 Å². The Bertz CT molecular complexity index is 935. The van der Waals surface area contributed by atoms with Crippen molar-refractivity contribution in [3.8, 4) is 0 Å². The zero-order chi connectivity index (χ0) is 28.7. The summed E-state index contributed by atoms with van der Waals surface area (Å²) in [5.74, 6) is -1.01. The maximum atomic E-state index is 13.4. The van der Waals surface area contributed by atoms with Crippen LogP contribution in [0.1, 0.15) is 61.0 Å². The van der Waals surface area contributed by atoms with Gasteiger partial charge in [-0.3, -0.25) is 0 Å². The van der Waals surface area contributed by atoms with E-state index in [1.165, 1.54) is 0 Å². The second kappa shape index (κ2) is 13.2. The Morgan fingerprint density at radius 2 is 1.55 bits per heavy atom. The largest absolute Gasteiger partial charge is 0.458 e. The monoisotopic (exact) mass is 533 g/mol. The van der Waals surface area contributed by atoms with Crippen molar-refractivity contribution in [2.75, 3.05) is 19.8 Å². The number of carbonyl (C=O) groups excluding carboxylic acids is 3. The summed E-state index contributed by atoms with van der Waals surface area (Å²) >= 11 is 0. The lowest BCUT2D eigenvalue weighted by Gasteiger charge is -2.32. The highest BCUT2D eigenvalue weighted by molar-refractivity contribution is 5.94. The molecule has 2 rings (SSSR count). The molecule has 0 saturated carbocycles. The lowest BCUT2D eigenvalue weighted by molar-refractivity contribution is -0.163. The van der Waals surface area contributed by atoms with Crippen molar-refractivity contribution >= 4 is 18.2 Å². The third-order valence-corrected chi connectivity index (χ3v) is 5.46. The number of ether oxygens (including phenoxy) is 5. The van der Waals surface area contributed by atoms with Crippen LogP contribution in [0.3, 0.4) is 0 Å². The molecule has 1 fully saturated rings. The summed E-state index contributed by atoms with van der Waals surface area (Å²) in [5.41, 5.74) is 0.0527. The molecule has 0 unspecified atom stereocenters. The lowest BCUT2D eigenvalue weighted by atomic mass is 9.91. The van der Waals surface area contributed by atoms with Crippen LogP contribution >= 0.6 is 0 Å². The maximum absolute atomic E-state index is 13.4. The summed E-state index contributed by atoms with van der Waals surface area (Å²) in [6.45, 7) is 17.7. The Hall–Kier alpha value is -2.91. The number of hydrogen-bond donors (Lipinski definition) is 0. The van der Waals surface area contributed by atoms with Gasteiger partial charge >= 0.3 is 18.2 Å². The van der Waals surface area contributed by atoms with E-state index in [1.54, 1.807) is 48.5 Å². The summed E-state index contributed by atoms with van der Waals surface area (Å²) in [6, 6.07) is 8.44. The topological polar surface area (TPSA) is 101 Å². The van der Waals surface area contributed by atoms with E-state index in [-0.39, 0.29) is 25.7 Å². The van der Waals surface area contributed by atoms with Crippen LogP contribution in [0.25, 0.3) is 0 Å². The Morgan fingerprint density at radius 1 is 1.00 bits per heavy atom. The van der Waals surface area contributed by atoms with Crippen LogP contribution in [-0.4, -0.2) is 72.3 Å². The van der Waals surface area contributed by atoms with Gasteiger partial charge in [-0.2, -0.15) is 4.90 Å². The van der Waals surface area contributed by atoms with Crippen molar-refractivity contribution < 1.29 is 38.1 Å². The van der Waals surface area contributed by atoms with E-state index >= 15 is 0 Å². The number of nitrogens with zero attached hydrogens (tertiary/aromatic N) is 1. The minimum atomic E-state index is -1.42. The Labute approximate surface area is 226 Å². The molecule has 0 bridgehead atoms. The van der Waals surface area contributed by atoms with Gasteiger partial charge in [0, 0.05) is 5.92 Å². The lowest BCUT2D eigenvalue weighted by Crippen LogP contribution is -2.54. The van der Waals surface area contributed by atoms with E-state index in [0.29, 0.717) is 11.3 Å². The van der Waals surface area contributed by atoms with Crippen LogP contribution in [0.2, 0.25) is 0 Å². The SMILES string of the molecule is C=C(C)CO[C@@H]1[C@@H](Cc2ccccc2)COC[C@H](N(C(=O)OC(C)(C)C)C(=O)OC(C)(C)C)C(=O)O[C@H]1C. The first-order chi connectivity index (χ1) is 17.6. The number of cyclic esters (lactones) is 1. The molecule has 0 radical (unpaired) electrons. The second-order valence-electron chi connectivity index (χ2n) is 11.7. The predicted molar refractivity (Wildman–Crippen MR) is 143 cm³/mol. The van der Waals surface area contributed by atoms with Crippen LogP contribution < -0.4 is 0 Å². The standard InChI is InChI=1S/C29H43NO8/c1-19(2)16-35-24-20(3)36-25(31)23(18-34-17-22(24)15-21-13-11-10-12-14-21)30(26(32)37-28(4,5)6)27(33)38-29(7,8)9/h10-14,20,22-24H,1,15-18H2,2-9H3/t20-,22-,23-,24-/m0/s1. The quantitative estimate of drug-likeness (QED) is 0.276. The number of esters is 1. The molecule has 1 heterocycles. The zero-order valence-electron chi connectivity index (χ0n) is 23.9. The number of imide groups is 1. The third-order valence-electron chi connectivity index (χ3n) is 5.46. The number of benzene rings is 1. The van der Waals surface area contributed by atoms with Gasteiger partial charge in [0.15, 0.2) is 6.04 Å². The second-order valence-corrected chi connectivity index (χ2v) is 11.7. The van der Waals surface area contributed by atoms with E-state index in [0.717, 1.165) is 11.1 Å². The average Bonchev–Trinajstić information content (AvgIpc) is 2.80. The molecule has 38 heavy (non-hydrogen) atoms. The van der Waals surface area contributed by atoms with Crippen LogP contribution in [0, 0.1) is 5.92 Å².